The van der Waals surface area contributed by atoms with E-state index < -0.39 is 0 Å². The van der Waals surface area contributed by atoms with Crippen molar-refractivity contribution in [2.75, 3.05) is 4.90 Å². The first-order valence-electron chi connectivity index (χ1n) is 18.2. The van der Waals surface area contributed by atoms with E-state index >= 15 is 0 Å². The zero-order chi connectivity index (χ0) is 33.1. The average Bonchev–Trinajstić information content (AvgIpc) is 3.89. The summed E-state index contributed by atoms with van der Waals surface area (Å²) in [5.74, 6) is 1.61. The predicted octanol–water partition coefficient (Wildman–Crippen LogP) is 13.2. The molecule has 0 radical (unpaired) electrons. The Bertz CT molecular complexity index is 2270. The van der Waals surface area contributed by atoms with Gasteiger partial charge in [-0.2, -0.15) is 0 Å². The van der Waals surface area contributed by atoms with Crippen LogP contribution in [0.5, 0.6) is 0 Å². The molecule has 0 N–H and O–H groups in total. The summed E-state index contributed by atoms with van der Waals surface area (Å²) in [6, 6.07) is 65.0. The molecule has 3 aliphatic rings. The van der Waals surface area contributed by atoms with Crippen molar-refractivity contribution >= 4 is 17.1 Å². The van der Waals surface area contributed by atoms with E-state index in [2.05, 4.69) is 181 Å². The lowest BCUT2D eigenvalue weighted by Crippen LogP contribution is -2.31. The van der Waals surface area contributed by atoms with Crippen molar-refractivity contribution in [1.82, 2.24) is 0 Å². The van der Waals surface area contributed by atoms with Crippen LogP contribution in [0.4, 0.5) is 17.1 Å². The zero-order valence-electron chi connectivity index (χ0n) is 28.2. The number of hydrogen-bond donors (Lipinski definition) is 0. The lowest BCUT2D eigenvalue weighted by molar-refractivity contribution is 0.327. The van der Waals surface area contributed by atoms with Crippen LogP contribution in [0.1, 0.15) is 36.8 Å². The van der Waals surface area contributed by atoms with Gasteiger partial charge in [0.25, 0.3) is 0 Å². The Labute approximate surface area is 295 Å². The Hall–Kier alpha value is -5.66. The van der Waals surface area contributed by atoms with Crippen molar-refractivity contribution in [1.29, 1.82) is 0 Å². The highest BCUT2D eigenvalue weighted by Gasteiger charge is 2.56. The van der Waals surface area contributed by atoms with Crippen LogP contribution in [-0.4, -0.2) is 0 Å². The molecular formula is C49H39N. The van der Waals surface area contributed by atoms with Crippen LogP contribution >= 0.6 is 0 Å². The first-order valence-corrected chi connectivity index (χ1v) is 18.2. The minimum Gasteiger partial charge on any atom is -0.310 e. The van der Waals surface area contributed by atoms with Crippen LogP contribution in [0, 0.1) is 11.8 Å². The quantitative estimate of drug-likeness (QED) is 0.175. The Balaban J connectivity index is 1.14. The van der Waals surface area contributed by atoms with Gasteiger partial charge in [0.1, 0.15) is 0 Å². The summed E-state index contributed by atoms with van der Waals surface area (Å²) >= 11 is 0. The fourth-order valence-electron chi connectivity index (χ4n) is 9.85. The van der Waals surface area contributed by atoms with Crippen LogP contribution < -0.4 is 4.90 Å². The van der Waals surface area contributed by atoms with Gasteiger partial charge in [-0.05, 0) is 123 Å². The second-order valence-corrected chi connectivity index (χ2v) is 14.5. The number of nitrogens with zero attached hydrogens (tertiary/aromatic N) is 1. The fourth-order valence-corrected chi connectivity index (χ4v) is 9.85. The summed E-state index contributed by atoms with van der Waals surface area (Å²) in [6.07, 6.45) is 5.44. The molecule has 50 heavy (non-hydrogen) atoms. The number of anilines is 3. The highest BCUT2D eigenvalue weighted by molar-refractivity contribution is 5.94. The van der Waals surface area contributed by atoms with Gasteiger partial charge in [0.15, 0.2) is 0 Å². The molecule has 2 fully saturated rings. The molecule has 3 atom stereocenters. The molecule has 1 heteroatoms. The number of fused-ring (bicyclic) bond motifs is 8. The number of hydrogen-bond acceptors (Lipinski definition) is 1. The van der Waals surface area contributed by atoms with Gasteiger partial charge in [-0.25, -0.2) is 0 Å². The maximum absolute atomic E-state index is 2.46. The number of benzene rings is 7. The van der Waals surface area contributed by atoms with Gasteiger partial charge >= 0.3 is 0 Å². The molecule has 7 aromatic carbocycles. The second kappa shape index (κ2) is 11.7. The molecule has 1 spiro atoms. The normalized spacial score (nSPS) is 19.8. The number of rotatable bonds is 6. The molecule has 2 bridgehead atoms. The lowest BCUT2D eigenvalue weighted by Gasteiger charge is -2.36. The molecule has 7 aromatic rings. The molecule has 3 aliphatic carbocycles. The van der Waals surface area contributed by atoms with Gasteiger partial charge in [-0.3, -0.25) is 0 Å². The predicted molar refractivity (Wildman–Crippen MR) is 209 cm³/mol. The first kappa shape index (κ1) is 29.3. The van der Waals surface area contributed by atoms with Crippen molar-refractivity contribution in [2.24, 2.45) is 11.8 Å². The highest BCUT2D eigenvalue weighted by Crippen LogP contribution is 2.66. The smallest absolute Gasteiger partial charge is 0.0467 e. The summed E-state index contributed by atoms with van der Waals surface area (Å²) in [5, 5.41) is 0. The van der Waals surface area contributed by atoms with E-state index in [1.54, 1.807) is 11.1 Å². The van der Waals surface area contributed by atoms with E-state index in [1.807, 2.05) is 0 Å². The molecule has 10 rings (SSSR count). The molecule has 3 unspecified atom stereocenters. The van der Waals surface area contributed by atoms with Gasteiger partial charge in [0.2, 0.25) is 0 Å². The van der Waals surface area contributed by atoms with Gasteiger partial charge in [-0.15, -0.1) is 0 Å². The van der Waals surface area contributed by atoms with E-state index in [-0.39, 0.29) is 5.41 Å². The van der Waals surface area contributed by atoms with Crippen molar-refractivity contribution in [3.8, 4) is 44.5 Å². The summed E-state index contributed by atoms with van der Waals surface area (Å²) in [5.41, 5.74) is 17.1. The SMILES string of the molecule is c1ccc(-c2cccc(N(c3cccc(-c4ccccc4)c3)c3cccc(-c4cccc5c4-c4ccccc4C54CC5CCC4C5)c3)c2)cc1. The van der Waals surface area contributed by atoms with Crippen molar-refractivity contribution in [2.45, 2.75) is 31.1 Å². The standard InChI is InChI=1S/C49H39N/c1-3-13-35(14-4-1)37-17-9-20-41(30-37)50(42-21-10-18-38(31-42)36-15-5-2-6-16-36)43-22-11-19-39(32-43)44-24-12-26-47-48(44)45-23-7-8-25-46(45)49(47)33-34-27-28-40(49)29-34/h1-26,30-32,34,40H,27-29,33H2. The Kier molecular flexibility index (Phi) is 6.88. The van der Waals surface area contributed by atoms with Crippen LogP contribution in [0.2, 0.25) is 0 Å². The Morgan fingerprint density at radius 3 is 1.52 bits per heavy atom. The van der Waals surface area contributed by atoms with E-state index in [0.29, 0.717) is 0 Å². The van der Waals surface area contributed by atoms with Crippen LogP contribution in [-0.2, 0) is 5.41 Å². The average molecular weight is 642 g/mol. The van der Waals surface area contributed by atoms with Crippen LogP contribution in [0.15, 0.2) is 176 Å². The van der Waals surface area contributed by atoms with E-state index in [4.69, 9.17) is 0 Å². The molecule has 2 saturated carbocycles. The Morgan fingerprint density at radius 1 is 0.420 bits per heavy atom. The molecule has 0 saturated heterocycles. The Morgan fingerprint density at radius 2 is 0.920 bits per heavy atom. The maximum Gasteiger partial charge on any atom is 0.0467 e. The highest BCUT2D eigenvalue weighted by atomic mass is 15.1. The third-order valence-corrected chi connectivity index (χ3v) is 11.9. The summed E-state index contributed by atoms with van der Waals surface area (Å²) in [4.78, 5) is 2.43. The minimum atomic E-state index is 0.171. The lowest BCUT2D eigenvalue weighted by atomic mass is 9.66. The van der Waals surface area contributed by atoms with E-state index in [0.717, 1.165) is 28.9 Å². The largest absolute Gasteiger partial charge is 0.310 e. The molecule has 1 nitrogen and oxygen atoms in total. The van der Waals surface area contributed by atoms with Crippen LogP contribution in [0.3, 0.4) is 0 Å². The fraction of sp³-hybridized carbons (Fsp3) is 0.143. The van der Waals surface area contributed by atoms with Gasteiger partial charge < -0.3 is 4.90 Å². The summed E-state index contributed by atoms with van der Waals surface area (Å²) in [7, 11) is 0. The second-order valence-electron chi connectivity index (χ2n) is 14.5. The monoisotopic (exact) mass is 641 g/mol. The minimum absolute atomic E-state index is 0.171. The third-order valence-electron chi connectivity index (χ3n) is 11.9. The molecule has 0 amide bonds. The van der Waals surface area contributed by atoms with Gasteiger partial charge in [-0.1, -0.05) is 146 Å². The summed E-state index contributed by atoms with van der Waals surface area (Å²) < 4.78 is 0. The van der Waals surface area contributed by atoms with E-state index in [1.165, 1.54) is 70.2 Å². The van der Waals surface area contributed by atoms with Crippen LogP contribution in [0.25, 0.3) is 44.5 Å². The maximum atomic E-state index is 2.46. The van der Waals surface area contributed by atoms with Crippen molar-refractivity contribution in [3.63, 3.8) is 0 Å². The topological polar surface area (TPSA) is 3.24 Å². The molecule has 0 aromatic heterocycles. The van der Waals surface area contributed by atoms with Gasteiger partial charge in [0, 0.05) is 22.5 Å². The molecular weight excluding hydrogens is 603 g/mol. The molecule has 0 aliphatic heterocycles. The van der Waals surface area contributed by atoms with Crippen molar-refractivity contribution in [3.05, 3.63) is 187 Å². The molecule has 0 heterocycles. The van der Waals surface area contributed by atoms with Gasteiger partial charge in [0.05, 0.1) is 0 Å². The molecule has 240 valence electrons. The van der Waals surface area contributed by atoms with Crippen molar-refractivity contribution < 1.29 is 0 Å². The first-order chi connectivity index (χ1) is 24.8. The van der Waals surface area contributed by atoms with E-state index in [9.17, 15) is 0 Å². The third kappa shape index (κ3) is 4.61. The summed E-state index contributed by atoms with van der Waals surface area (Å²) in [6.45, 7) is 0. The zero-order valence-corrected chi connectivity index (χ0v) is 28.2.